The Hall–Kier alpha value is 0.400. The van der Waals surface area contributed by atoms with Crippen molar-refractivity contribution in [2.75, 3.05) is 0 Å². The molecular weight excluding hydrogens is 177 g/mol. The molecule has 1 nitrogen and oxygen atoms in total. The summed E-state index contributed by atoms with van der Waals surface area (Å²) in [7, 11) is 0. The molecule has 5 heavy (non-hydrogen) atoms. The molecular formula is C3H8IN. The second kappa shape index (κ2) is 4.40. The van der Waals surface area contributed by atoms with Crippen LogP contribution >= 0.6 is 24.0 Å². The SMILES string of the molecule is CC(C)=N.I. The molecule has 0 aromatic carbocycles. The molecule has 0 amide bonds. The molecule has 0 rings (SSSR count). The highest BCUT2D eigenvalue weighted by molar-refractivity contribution is 14.0. The van der Waals surface area contributed by atoms with Gasteiger partial charge in [0.05, 0.1) is 0 Å². The van der Waals surface area contributed by atoms with E-state index in [1.165, 1.54) is 0 Å². The monoisotopic (exact) mass is 185 g/mol. The predicted octanol–water partition coefficient (Wildman–Crippen LogP) is 1.66. The van der Waals surface area contributed by atoms with E-state index in [4.69, 9.17) is 5.41 Å². The van der Waals surface area contributed by atoms with Crippen LogP contribution in [0.2, 0.25) is 0 Å². The van der Waals surface area contributed by atoms with Crippen LogP contribution < -0.4 is 0 Å². The van der Waals surface area contributed by atoms with E-state index in [-0.39, 0.29) is 24.0 Å². The van der Waals surface area contributed by atoms with Crippen molar-refractivity contribution < 1.29 is 0 Å². The molecule has 0 unspecified atom stereocenters. The Morgan fingerprint density at radius 1 is 1.40 bits per heavy atom. The van der Waals surface area contributed by atoms with E-state index in [1.54, 1.807) is 13.8 Å². The normalized spacial score (nSPS) is 5.20. The Kier molecular flexibility index (Phi) is 7.96. The molecule has 0 fully saturated rings. The molecule has 2 heteroatoms. The van der Waals surface area contributed by atoms with Crippen LogP contribution in [0.3, 0.4) is 0 Å². The quantitative estimate of drug-likeness (QED) is 0.438. The van der Waals surface area contributed by atoms with Crippen LogP contribution in [0.15, 0.2) is 0 Å². The average Bonchev–Trinajstić information content (AvgIpc) is 0.811. The molecule has 0 saturated heterocycles. The van der Waals surface area contributed by atoms with Crippen molar-refractivity contribution in [3.63, 3.8) is 0 Å². The Morgan fingerprint density at radius 3 is 1.40 bits per heavy atom. The summed E-state index contributed by atoms with van der Waals surface area (Å²) in [5, 5.41) is 6.50. The zero-order valence-corrected chi connectivity index (χ0v) is 5.74. The Labute approximate surface area is 49.3 Å². The lowest BCUT2D eigenvalue weighted by Gasteiger charge is -1.63. The van der Waals surface area contributed by atoms with E-state index in [9.17, 15) is 0 Å². The molecule has 0 radical (unpaired) electrons. The lowest BCUT2D eigenvalue weighted by Crippen LogP contribution is -1.67. The number of rotatable bonds is 0. The van der Waals surface area contributed by atoms with Crippen LogP contribution in [0.5, 0.6) is 0 Å². The Morgan fingerprint density at radius 2 is 1.40 bits per heavy atom. The van der Waals surface area contributed by atoms with E-state index < -0.39 is 0 Å². The third kappa shape index (κ3) is 158. The van der Waals surface area contributed by atoms with Crippen LogP contribution in [-0.4, -0.2) is 5.71 Å². The minimum atomic E-state index is 0. The molecule has 0 aliphatic heterocycles. The molecule has 0 bridgehead atoms. The lowest BCUT2D eigenvalue weighted by molar-refractivity contribution is 1.45. The second-order valence-electron chi connectivity index (χ2n) is 1.00. The van der Waals surface area contributed by atoms with Gasteiger partial charge >= 0.3 is 0 Å². The van der Waals surface area contributed by atoms with Crippen molar-refractivity contribution >= 4 is 29.7 Å². The van der Waals surface area contributed by atoms with Crippen LogP contribution in [0.4, 0.5) is 0 Å². The summed E-state index contributed by atoms with van der Waals surface area (Å²) < 4.78 is 0. The zero-order chi connectivity index (χ0) is 3.58. The van der Waals surface area contributed by atoms with Crippen molar-refractivity contribution in [3.8, 4) is 0 Å². The molecule has 32 valence electrons. The van der Waals surface area contributed by atoms with Crippen LogP contribution in [0, 0.1) is 5.41 Å². The van der Waals surface area contributed by atoms with Crippen molar-refractivity contribution in [2.45, 2.75) is 13.8 Å². The van der Waals surface area contributed by atoms with Crippen molar-refractivity contribution in [2.24, 2.45) is 0 Å². The van der Waals surface area contributed by atoms with E-state index in [0.29, 0.717) is 5.71 Å². The third-order valence-corrected chi connectivity index (χ3v) is 0. The Bertz CT molecular complexity index is 29.9. The molecule has 0 atom stereocenters. The molecule has 0 aliphatic carbocycles. The Balaban J connectivity index is 0. The summed E-state index contributed by atoms with van der Waals surface area (Å²) in [6.07, 6.45) is 0. The fourth-order valence-corrected chi connectivity index (χ4v) is 0. The first kappa shape index (κ1) is 9.04. The minimum absolute atomic E-state index is 0. The number of hydrogen-bond acceptors (Lipinski definition) is 1. The number of hydrogen-bond donors (Lipinski definition) is 1. The van der Waals surface area contributed by atoms with Gasteiger partial charge < -0.3 is 5.41 Å². The van der Waals surface area contributed by atoms with Crippen LogP contribution in [0.1, 0.15) is 13.8 Å². The van der Waals surface area contributed by atoms with Gasteiger partial charge in [-0.25, -0.2) is 0 Å². The molecule has 0 aromatic heterocycles. The highest BCUT2D eigenvalue weighted by atomic mass is 127. The summed E-state index contributed by atoms with van der Waals surface area (Å²) in [5.41, 5.74) is 0.667. The number of nitrogens with one attached hydrogen (secondary N) is 1. The highest BCUT2D eigenvalue weighted by Crippen LogP contribution is 1.52. The lowest BCUT2D eigenvalue weighted by atomic mass is 10.5. The van der Waals surface area contributed by atoms with Gasteiger partial charge in [-0.15, -0.1) is 24.0 Å². The van der Waals surface area contributed by atoms with Crippen molar-refractivity contribution in [1.29, 1.82) is 5.41 Å². The fourth-order valence-electron chi connectivity index (χ4n) is 0. The number of halogens is 1. The standard InChI is InChI=1S/C3H7N.HI/c1-3(2)4;/h4H,1-2H3;1H. The maximum absolute atomic E-state index is 6.50. The maximum Gasteiger partial charge on any atom is 0.00272 e. The molecule has 0 aliphatic rings. The van der Waals surface area contributed by atoms with Gasteiger partial charge in [-0.2, -0.15) is 0 Å². The second-order valence-corrected chi connectivity index (χ2v) is 1.00. The fraction of sp³-hybridized carbons (Fsp3) is 0.667. The van der Waals surface area contributed by atoms with E-state index in [2.05, 4.69) is 0 Å². The van der Waals surface area contributed by atoms with Gasteiger partial charge in [0.25, 0.3) is 0 Å². The first-order valence-electron chi connectivity index (χ1n) is 1.25. The first-order chi connectivity index (χ1) is 1.73. The van der Waals surface area contributed by atoms with Gasteiger partial charge in [0.15, 0.2) is 0 Å². The highest BCUT2D eigenvalue weighted by Gasteiger charge is 1.55. The summed E-state index contributed by atoms with van der Waals surface area (Å²) in [6.45, 7) is 3.50. The van der Waals surface area contributed by atoms with Gasteiger partial charge in [0.2, 0.25) is 0 Å². The first-order valence-corrected chi connectivity index (χ1v) is 1.25. The topological polar surface area (TPSA) is 23.9 Å². The zero-order valence-electron chi connectivity index (χ0n) is 3.41. The molecule has 0 spiro atoms. The molecule has 0 aromatic rings. The summed E-state index contributed by atoms with van der Waals surface area (Å²) >= 11 is 0. The third-order valence-electron chi connectivity index (χ3n) is 0. The molecule has 0 saturated carbocycles. The average molecular weight is 185 g/mol. The van der Waals surface area contributed by atoms with Gasteiger partial charge in [-0.05, 0) is 13.8 Å². The van der Waals surface area contributed by atoms with Crippen LogP contribution in [0.25, 0.3) is 0 Å². The minimum Gasteiger partial charge on any atom is -0.310 e. The predicted molar refractivity (Wildman–Crippen MR) is 34.5 cm³/mol. The largest absolute Gasteiger partial charge is 0.310 e. The van der Waals surface area contributed by atoms with E-state index >= 15 is 0 Å². The van der Waals surface area contributed by atoms with Crippen LogP contribution in [-0.2, 0) is 0 Å². The van der Waals surface area contributed by atoms with Crippen molar-refractivity contribution in [3.05, 3.63) is 0 Å². The summed E-state index contributed by atoms with van der Waals surface area (Å²) in [4.78, 5) is 0. The van der Waals surface area contributed by atoms with Gasteiger partial charge in [0, 0.05) is 5.71 Å². The summed E-state index contributed by atoms with van der Waals surface area (Å²) in [5.74, 6) is 0. The van der Waals surface area contributed by atoms with E-state index in [1.807, 2.05) is 0 Å². The van der Waals surface area contributed by atoms with Gasteiger partial charge in [0.1, 0.15) is 0 Å². The van der Waals surface area contributed by atoms with Crippen molar-refractivity contribution in [1.82, 2.24) is 0 Å². The van der Waals surface area contributed by atoms with Gasteiger partial charge in [-0.1, -0.05) is 0 Å². The molecule has 1 N–H and O–H groups in total. The maximum atomic E-state index is 6.50. The van der Waals surface area contributed by atoms with E-state index in [0.717, 1.165) is 0 Å². The molecule has 0 heterocycles. The summed E-state index contributed by atoms with van der Waals surface area (Å²) in [6, 6.07) is 0. The smallest absolute Gasteiger partial charge is 0.00272 e. The van der Waals surface area contributed by atoms with Gasteiger partial charge in [-0.3, -0.25) is 0 Å².